The molecule has 1 N–H and O–H groups in total. The number of nitrogens with one attached hydrogen (secondary N) is 1. The van der Waals surface area contributed by atoms with Gasteiger partial charge in [0.15, 0.2) is 14.4 Å². The summed E-state index contributed by atoms with van der Waals surface area (Å²) >= 11 is 0. The zero-order chi connectivity index (χ0) is 28.0. The van der Waals surface area contributed by atoms with Gasteiger partial charge >= 0.3 is 12.1 Å². The lowest BCUT2D eigenvalue weighted by Gasteiger charge is -2.38. The fourth-order valence-electron chi connectivity index (χ4n) is 5.14. The van der Waals surface area contributed by atoms with E-state index in [1.807, 2.05) is 30.3 Å². The molecule has 3 atom stereocenters. The minimum absolute atomic E-state index is 0.00276. The molecule has 3 aliphatic rings. The van der Waals surface area contributed by atoms with Crippen LogP contribution in [0.5, 0.6) is 0 Å². The van der Waals surface area contributed by atoms with E-state index in [0.29, 0.717) is 19.0 Å². The average molecular weight is 558 g/mol. The maximum atomic E-state index is 13.5. The van der Waals surface area contributed by atoms with Crippen LogP contribution in [-0.2, 0) is 20.6 Å². The minimum atomic E-state index is -2.27. The molecular weight excluding hydrogens is 518 g/mol. The number of ether oxygens (including phenoxy) is 1. The molecule has 3 fully saturated rings. The Kier molecular flexibility index (Phi) is 7.23. The van der Waals surface area contributed by atoms with Gasteiger partial charge in [-0.3, -0.25) is 4.84 Å². The van der Waals surface area contributed by atoms with E-state index in [2.05, 4.69) is 49.4 Å². The number of nitrogens with zero attached hydrogens (tertiary/aromatic N) is 4. The van der Waals surface area contributed by atoms with E-state index < -0.39 is 20.5 Å². The second-order valence-electron chi connectivity index (χ2n) is 12.3. The molecule has 1 aliphatic carbocycles. The SMILES string of the molecule is CNC(=O)OCC(O[Si](C)(C)C(C)(C)C)c1nnc([C@@H]2CC3(CC3)[C@@H]3CN2C(=O)N3OCc2ccccc2)o1. The minimum Gasteiger partial charge on any atom is -0.446 e. The van der Waals surface area contributed by atoms with Crippen molar-refractivity contribution in [2.75, 3.05) is 20.2 Å². The smallest absolute Gasteiger partial charge is 0.406 e. The maximum absolute atomic E-state index is 13.5. The maximum Gasteiger partial charge on any atom is 0.406 e. The molecule has 2 aliphatic heterocycles. The first-order valence-electron chi connectivity index (χ1n) is 13.6. The molecular formula is C27H39N5O6Si. The summed E-state index contributed by atoms with van der Waals surface area (Å²) in [6.45, 7) is 11.5. The second kappa shape index (κ2) is 10.2. The Morgan fingerprint density at radius 2 is 1.95 bits per heavy atom. The first-order valence-corrected chi connectivity index (χ1v) is 16.5. The highest BCUT2D eigenvalue weighted by Gasteiger charge is 2.64. The summed E-state index contributed by atoms with van der Waals surface area (Å²) in [5.74, 6) is 0.617. The Hall–Kier alpha value is -2.96. The highest BCUT2D eigenvalue weighted by atomic mass is 28.4. The molecule has 1 aromatic carbocycles. The van der Waals surface area contributed by atoms with Crippen LogP contribution in [0.3, 0.4) is 0 Å². The van der Waals surface area contributed by atoms with Gasteiger partial charge in [0.05, 0.1) is 6.04 Å². The molecule has 11 nitrogen and oxygen atoms in total. The molecule has 0 radical (unpaired) electrons. The number of rotatable bonds is 9. The van der Waals surface area contributed by atoms with Gasteiger partial charge in [-0.25, -0.2) is 9.59 Å². The molecule has 3 heterocycles. The van der Waals surface area contributed by atoms with Gasteiger partial charge in [-0.15, -0.1) is 10.2 Å². The number of hydrogen-bond acceptors (Lipinski definition) is 8. The largest absolute Gasteiger partial charge is 0.446 e. The third-order valence-electron chi connectivity index (χ3n) is 8.71. The molecule has 3 amide bonds. The predicted octanol–water partition coefficient (Wildman–Crippen LogP) is 4.95. The monoisotopic (exact) mass is 557 g/mol. The molecule has 2 saturated heterocycles. The number of alkyl carbamates (subject to hydrolysis) is 1. The molecule has 212 valence electrons. The van der Waals surface area contributed by atoms with Gasteiger partial charge < -0.3 is 23.8 Å². The topological polar surface area (TPSA) is 119 Å². The van der Waals surface area contributed by atoms with Crippen LogP contribution in [0.2, 0.25) is 18.1 Å². The van der Waals surface area contributed by atoms with E-state index in [4.69, 9.17) is 18.4 Å². The summed E-state index contributed by atoms with van der Waals surface area (Å²) < 4.78 is 18.1. The lowest BCUT2D eigenvalue weighted by molar-refractivity contribution is -0.153. The van der Waals surface area contributed by atoms with Crippen LogP contribution in [0, 0.1) is 5.41 Å². The van der Waals surface area contributed by atoms with Crippen molar-refractivity contribution in [1.82, 2.24) is 25.5 Å². The van der Waals surface area contributed by atoms with Crippen molar-refractivity contribution in [3.63, 3.8) is 0 Å². The number of piperidine rings is 1. The molecule has 1 spiro atoms. The summed E-state index contributed by atoms with van der Waals surface area (Å²) in [6.07, 6.45) is 1.51. The Labute approximate surface area is 230 Å². The van der Waals surface area contributed by atoms with E-state index in [-0.39, 0.29) is 41.1 Å². The van der Waals surface area contributed by atoms with Gasteiger partial charge in [-0.05, 0) is 48.4 Å². The predicted molar refractivity (Wildman–Crippen MR) is 144 cm³/mol. The Morgan fingerprint density at radius 3 is 2.59 bits per heavy atom. The van der Waals surface area contributed by atoms with Crippen molar-refractivity contribution in [3.05, 3.63) is 47.7 Å². The van der Waals surface area contributed by atoms with Gasteiger partial charge in [0.1, 0.15) is 19.3 Å². The van der Waals surface area contributed by atoms with Gasteiger partial charge in [0, 0.05) is 13.6 Å². The van der Waals surface area contributed by atoms with Crippen molar-refractivity contribution in [3.8, 4) is 0 Å². The molecule has 39 heavy (non-hydrogen) atoms. The number of carbonyl (C=O) groups excluding carboxylic acids is 2. The Bertz CT molecular complexity index is 1190. The number of fused-ring (bicyclic) bond motifs is 3. The molecule has 1 unspecified atom stereocenters. The van der Waals surface area contributed by atoms with Crippen LogP contribution < -0.4 is 5.32 Å². The average Bonchev–Trinajstić information content (AvgIpc) is 3.37. The summed E-state index contributed by atoms with van der Waals surface area (Å²) in [6, 6.07) is 9.32. The quantitative estimate of drug-likeness (QED) is 0.430. The summed E-state index contributed by atoms with van der Waals surface area (Å²) in [4.78, 5) is 33.2. The Balaban J connectivity index is 1.35. The van der Waals surface area contributed by atoms with Gasteiger partial charge in [0.2, 0.25) is 11.8 Å². The fourth-order valence-corrected chi connectivity index (χ4v) is 6.37. The van der Waals surface area contributed by atoms with Crippen LogP contribution in [0.15, 0.2) is 34.7 Å². The fraction of sp³-hybridized carbons (Fsp3) is 0.630. The van der Waals surface area contributed by atoms with Crippen LogP contribution >= 0.6 is 0 Å². The number of benzene rings is 1. The third kappa shape index (κ3) is 5.41. The zero-order valence-corrected chi connectivity index (χ0v) is 24.6. The second-order valence-corrected chi connectivity index (χ2v) is 17.1. The molecule has 5 rings (SSSR count). The first-order chi connectivity index (χ1) is 18.4. The molecule has 2 aromatic rings. The molecule has 1 aromatic heterocycles. The van der Waals surface area contributed by atoms with Crippen LogP contribution in [0.4, 0.5) is 9.59 Å². The number of amides is 3. The number of carbonyl (C=O) groups is 2. The van der Waals surface area contributed by atoms with E-state index in [0.717, 1.165) is 24.8 Å². The van der Waals surface area contributed by atoms with Crippen molar-refractivity contribution >= 4 is 20.4 Å². The Morgan fingerprint density at radius 1 is 1.23 bits per heavy atom. The number of aromatic nitrogens is 2. The van der Waals surface area contributed by atoms with Crippen molar-refractivity contribution < 1.29 is 28.0 Å². The summed E-state index contributed by atoms with van der Waals surface area (Å²) in [5, 5.41) is 12.6. The van der Waals surface area contributed by atoms with E-state index in [1.54, 1.807) is 9.96 Å². The number of urea groups is 1. The van der Waals surface area contributed by atoms with Crippen LogP contribution in [0.1, 0.15) is 69.5 Å². The molecule has 2 bridgehead atoms. The lowest BCUT2D eigenvalue weighted by atomic mass is 9.85. The number of hydroxylamine groups is 2. The van der Waals surface area contributed by atoms with Crippen LogP contribution in [0.25, 0.3) is 0 Å². The highest BCUT2D eigenvalue weighted by molar-refractivity contribution is 6.74. The molecule has 1 saturated carbocycles. The summed E-state index contributed by atoms with van der Waals surface area (Å²) in [5.41, 5.74) is 0.995. The highest BCUT2D eigenvalue weighted by Crippen LogP contribution is 2.61. The van der Waals surface area contributed by atoms with E-state index >= 15 is 0 Å². The normalized spacial score (nSPS) is 22.8. The molecule has 12 heteroatoms. The van der Waals surface area contributed by atoms with E-state index in [1.165, 1.54) is 7.05 Å². The first kappa shape index (κ1) is 27.6. The standard InChI is InChI=1S/C27H39N5O6Si/c1-26(2,3)39(5,6)38-20(17-35-24(33)28-4)23-30-29-22(37-23)19-14-27(12-13-27)21-15-31(19)25(34)32(21)36-16-18-10-8-7-9-11-18/h7-11,19-21H,12-17H2,1-6H3,(H,28,33)/t19-,20?,21-/m0/s1. The van der Waals surface area contributed by atoms with E-state index in [9.17, 15) is 9.59 Å². The van der Waals surface area contributed by atoms with Gasteiger partial charge in [-0.1, -0.05) is 51.1 Å². The third-order valence-corrected chi connectivity index (χ3v) is 13.2. The van der Waals surface area contributed by atoms with Crippen LogP contribution in [-0.4, -0.2) is 66.8 Å². The summed E-state index contributed by atoms with van der Waals surface area (Å²) in [7, 11) is -0.774. The number of hydrogen-bond donors (Lipinski definition) is 1. The van der Waals surface area contributed by atoms with Crippen molar-refractivity contribution in [2.24, 2.45) is 5.41 Å². The zero-order valence-electron chi connectivity index (χ0n) is 23.6. The van der Waals surface area contributed by atoms with Crippen molar-refractivity contribution in [1.29, 1.82) is 0 Å². The van der Waals surface area contributed by atoms with Gasteiger partial charge in [0.25, 0.3) is 0 Å². The lowest BCUT2D eigenvalue weighted by Crippen LogP contribution is -2.43. The van der Waals surface area contributed by atoms with Gasteiger partial charge in [-0.2, -0.15) is 5.06 Å². The van der Waals surface area contributed by atoms with Crippen molar-refractivity contribution in [2.45, 2.75) is 83.0 Å².